The Morgan fingerprint density at radius 1 is 1.04 bits per heavy atom. The summed E-state index contributed by atoms with van der Waals surface area (Å²) in [5.74, 6) is 0. The predicted octanol–water partition coefficient (Wildman–Crippen LogP) is 6.88. The molecular weight excluding hydrogens is 290 g/mol. The van der Waals surface area contributed by atoms with Crippen LogP contribution in [0.4, 0.5) is 0 Å². The maximum absolute atomic E-state index is 4.29. The maximum Gasteiger partial charge on any atom is 0.0432 e. The van der Waals surface area contributed by atoms with Gasteiger partial charge >= 0.3 is 0 Å². The average Bonchev–Trinajstić information content (AvgIpc) is 2.53. The van der Waals surface area contributed by atoms with Crippen LogP contribution in [-0.2, 0) is 0 Å². The molecule has 0 unspecified atom stereocenters. The highest BCUT2D eigenvalue weighted by Crippen LogP contribution is 2.23. The zero-order chi connectivity index (χ0) is 18.1. The van der Waals surface area contributed by atoms with Gasteiger partial charge in [0.05, 0.1) is 0 Å². The van der Waals surface area contributed by atoms with Crippen molar-refractivity contribution >= 4 is 5.57 Å². The topological polar surface area (TPSA) is 3.24 Å². The van der Waals surface area contributed by atoms with Gasteiger partial charge in [-0.25, -0.2) is 0 Å². The van der Waals surface area contributed by atoms with Crippen molar-refractivity contribution in [3.8, 4) is 0 Å². The van der Waals surface area contributed by atoms with Crippen LogP contribution in [-0.4, -0.2) is 11.4 Å². The Hall–Kier alpha value is -2.02. The van der Waals surface area contributed by atoms with E-state index in [1.165, 1.54) is 36.0 Å². The first-order valence-electron chi connectivity index (χ1n) is 8.89. The van der Waals surface area contributed by atoms with Gasteiger partial charge < -0.3 is 4.90 Å². The SMILES string of the molecule is C=C(C)CN(C(=C)/C=C(\C)c1ccc(C)cc1)C(=C)CCCCC. The molecule has 0 saturated heterocycles. The summed E-state index contributed by atoms with van der Waals surface area (Å²) in [5, 5.41) is 0. The summed E-state index contributed by atoms with van der Waals surface area (Å²) in [6, 6.07) is 8.61. The number of nitrogens with zero attached hydrogens (tertiary/aromatic N) is 1. The second-order valence-corrected chi connectivity index (χ2v) is 6.75. The third kappa shape index (κ3) is 6.62. The Bertz CT molecular complexity index is 601. The van der Waals surface area contributed by atoms with E-state index in [9.17, 15) is 0 Å². The van der Waals surface area contributed by atoms with Gasteiger partial charge in [0.1, 0.15) is 0 Å². The molecule has 0 aromatic heterocycles. The Balaban J connectivity index is 2.90. The van der Waals surface area contributed by atoms with Crippen LogP contribution in [0.25, 0.3) is 5.57 Å². The van der Waals surface area contributed by atoms with E-state index >= 15 is 0 Å². The zero-order valence-electron chi connectivity index (χ0n) is 16.0. The Labute approximate surface area is 149 Å². The summed E-state index contributed by atoms with van der Waals surface area (Å²) in [4.78, 5) is 2.20. The maximum atomic E-state index is 4.29. The standard InChI is InChI=1S/C23H33N/c1-8-9-10-11-21(6)24(17-18(2)3)22(7)16-20(5)23-14-12-19(4)13-15-23/h12-16H,2,6-11,17H2,1,3-5H3/b20-16+. The summed E-state index contributed by atoms with van der Waals surface area (Å²) in [6.45, 7) is 21.9. The molecule has 0 fully saturated rings. The first kappa shape index (κ1) is 20.0. The fourth-order valence-electron chi connectivity index (χ4n) is 2.63. The first-order valence-corrected chi connectivity index (χ1v) is 8.89. The van der Waals surface area contributed by atoms with Crippen molar-refractivity contribution in [1.82, 2.24) is 4.90 Å². The molecule has 1 aromatic carbocycles. The van der Waals surface area contributed by atoms with Crippen molar-refractivity contribution in [3.63, 3.8) is 0 Å². The molecule has 0 bridgehead atoms. The number of aryl methyl sites for hydroxylation is 1. The van der Waals surface area contributed by atoms with Crippen LogP contribution in [0.2, 0.25) is 0 Å². The molecule has 1 heteroatoms. The van der Waals surface area contributed by atoms with Crippen molar-refractivity contribution in [2.75, 3.05) is 6.54 Å². The molecule has 0 spiro atoms. The van der Waals surface area contributed by atoms with Crippen LogP contribution in [0, 0.1) is 6.92 Å². The molecule has 0 N–H and O–H groups in total. The van der Waals surface area contributed by atoms with Crippen molar-refractivity contribution in [3.05, 3.63) is 78.2 Å². The molecule has 0 aliphatic rings. The van der Waals surface area contributed by atoms with Crippen molar-refractivity contribution in [2.45, 2.75) is 53.4 Å². The van der Waals surface area contributed by atoms with Crippen LogP contribution in [0.1, 0.15) is 57.6 Å². The van der Waals surface area contributed by atoms with Crippen molar-refractivity contribution < 1.29 is 0 Å². The largest absolute Gasteiger partial charge is 0.342 e. The zero-order valence-corrected chi connectivity index (χ0v) is 16.0. The first-order chi connectivity index (χ1) is 11.3. The lowest BCUT2D eigenvalue weighted by atomic mass is 10.0. The minimum Gasteiger partial charge on any atom is -0.342 e. The Morgan fingerprint density at radius 3 is 2.21 bits per heavy atom. The van der Waals surface area contributed by atoms with Gasteiger partial charge in [0, 0.05) is 17.9 Å². The average molecular weight is 324 g/mol. The fourth-order valence-corrected chi connectivity index (χ4v) is 2.63. The molecule has 24 heavy (non-hydrogen) atoms. The van der Waals surface area contributed by atoms with Gasteiger partial charge in [-0.15, -0.1) is 0 Å². The molecular formula is C23H33N. The fraction of sp³-hybridized carbons (Fsp3) is 0.391. The summed E-state index contributed by atoms with van der Waals surface area (Å²) >= 11 is 0. The monoisotopic (exact) mass is 323 g/mol. The molecule has 1 aromatic rings. The highest BCUT2D eigenvalue weighted by molar-refractivity contribution is 5.66. The van der Waals surface area contributed by atoms with Gasteiger partial charge in [-0.05, 0) is 50.8 Å². The van der Waals surface area contributed by atoms with Gasteiger partial charge in [0.15, 0.2) is 0 Å². The molecule has 0 amide bonds. The molecule has 0 aliphatic heterocycles. The van der Waals surface area contributed by atoms with Crippen LogP contribution < -0.4 is 0 Å². The van der Waals surface area contributed by atoms with E-state index in [0.717, 1.165) is 29.9 Å². The van der Waals surface area contributed by atoms with E-state index in [2.05, 4.69) is 82.7 Å². The van der Waals surface area contributed by atoms with Crippen LogP contribution in [0.3, 0.4) is 0 Å². The Kier molecular flexibility index (Phi) is 8.32. The lowest BCUT2D eigenvalue weighted by molar-refractivity contribution is 0.451. The van der Waals surface area contributed by atoms with E-state index in [0.29, 0.717) is 0 Å². The molecule has 130 valence electrons. The highest BCUT2D eigenvalue weighted by Gasteiger charge is 2.11. The highest BCUT2D eigenvalue weighted by atomic mass is 15.1. The molecule has 0 radical (unpaired) electrons. The summed E-state index contributed by atoms with van der Waals surface area (Å²) in [7, 11) is 0. The third-order valence-corrected chi connectivity index (χ3v) is 4.12. The van der Waals surface area contributed by atoms with Crippen molar-refractivity contribution in [2.24, 2.45) is 0 Å². The van der Waals surface area contributed by atoms with E-state index in [1.54, 1.807) is 0 Å². The minimum atomic E-state index is 0.779. The lowest BCUT2D eigenvalue weighted by Gasteiger charge is -2.28. The summed E-state index contributed by atoms with van der Waals surface area (Å²) < 4.78 is 0. The lowest BCUT2D eigenvalue weighted by Crippen LogP contribution is -2.22. The van der Waals surface area contributed by atoms with Gasteiger partial charge in [-0.2, -0.15) is 0 Å². The summed E-state index contributed by atoms with van der Waals surface area (Å²) in [6.07, 6.45) is 6.80. The van der Waals surface area contributed by atoms with E-state index < -0.39 is 0 Å². The van der Waals surface area contributed by atoms with Gasteiger partial charge in [-0.3, -0.25) is 0 Å². The van der Waals surface area contributed by atoms with Crippen molar-refractivity contribution in [1.29, 1.82) is 0 Å². The normalized spacial score (nSPS) is 11.2. The molecule has 0 saturated carbocycles. The molecule has 0 aliphatic carbocycles. The van der Waals surface area contributed by atoms with Gasteiger partial charge in [-0.1, -0.05) is 74.9 Å². The van der Waals surface area contributed by atoms with E-state index in [1.807, 2.05) is 0 Å². The third-order valence-electron chi connectivity index (χ3n) is 4.12. The number of hydrogen-bond acceptors (Lipinski definition) is 1. The number of unbranched alkanes of at least 4 members (excludes halogenated alkanes) is 2. The quantitative estimate of drug-likeness (QED) is 0.257. The van der Waals surface area contributed by atoms with E-state index in [-0.39, 0.29) is 0 Å². The second kappa shape index (κ2) is 9.97. The minimum absolute atomic E-state index is 0.779. The van der Waals surface area contributed by atoms with Crippen LogP contribution in [0.5, 0.6) is 0 Å². The Morgan fingerprint density at radius 2 is 1.67 bits per heavy atom. The molecule has 1 nitrogen and oxygen atoms in total. The van der Waals surface area contributed by atoms with Crippen LogP contribution in [0.15, 0.2) is 67.0 Å². The second-order valence-electron chi connectivity index (χ2n) is 6.75. The number of hydrogen-bond donors (Lipinski definition) is 0. The van der Waals surface area contributed by atoms with Crippen LogP contribution >= 0.6 is 0 Å². The number of allylic oxidation sites excluding steroid dienone is 3. The van der Waals surface area contributed by atoms with Gasteiger partial charge in [0.2, 0.25) is 0 Å². The smallest absolute Gasteiger partial charge is 0.0432 e. The molecule has 0 heterocycles. The number of rotatable bonds is 10. The summed E-state index contributed by atoms with van der Waals surface area (Å²) in [5.41, 5.74) is 6.96. The van der Waals surface area contributed by atoms with Gasteiger partial charge in [0.25, 0.3) is 0 Å². The van der Waals surface area contributed by atoms with E-state index in [4.69, 9.17) is 0 Å². The molecule has 1 rings (SSSR count). The molecule has 0 atom stereocenters. The predicted molar refractivity (Wildman–Crippen MR) is 109 cm³/mol. The number of benzene rings is 1.